The van der Waals surface area contributed by atoms with Crippen LogP contribution in [-0.4, -0.2) is 15.0 Å². The van der Waals surface area contributed by atoms with Gasteiger partial charge >= 0.3 is 0 Å². The summed E-state index contributed by atoms with van der Waals surface area (Å²) < 4.78 is 13.4. The fourth-order valence-electron chi connectivity index (χ4n) is 3.93. The van der Waals surface area contributed by atoms with E-state index in [0.717, 1.165) is 22.4 Å². The largest absolute Gasteiger partial charge is 0.487 e. The summed E-state index contributed by atoms with van der Waals surface area (Å²) in [6.07, 6.45) is 1.84. The van der Waals surface area contributed by atoms with Gasteiger partial charge in [-0.2, -0.15) is 5.26 Å². The van der Waals surface area contributed by atoms with Gasteiger partial charge in [-0.1, -0.05) is 53.7 Å². The molecule has 7 nitrogen and oxygen atoms in total. The Morgan fingerprint density at radius 3 is 2.73 bits per heavy atom. The average molecular weight is 435 g/mol. The number of hydrogen-bond donors (Lipinski definition) is 1. The van der Waals surface area contributed by atoms with Crippen molar-refractivity contribution in [1.29, 1.82) is 5.26 Å². The molecule has 162 valence electrons. The van der Waals surface area contributed by atoms with E-state index in [1.807, 2.05) is 79.9 Å². The van der Waals surface area contributed by atoms with Crippen molar-refractivity contribution in [3.05, 3.63) is 113 Å². The van der Waals surface area contributed by atoms with Crippen molar-refractivity contribution in [2.45, 2.75) is 19.4 Å². The standard InChI is InChI=1S/C26H21N5O2/c1-17-6-5-9-20(12-17)31-15-19(29-30-31)16-32-21-10-11-22-24(13-21)33-26(28)23(14-27)25(22)18-7-3-2-4-8-18/h2-13,15,25H,16,28H2,1H3. The van der Waals surface area contributed by atoms with Crippen LogP contribution >= 0.6 is 0 Å². The minimum absolute atomic E-state index is 0.108. The van der Waals surface area contributed by atoms with Crippen LogP contribution in [0.5, 0.6) is 11.5 Å². The summed E-state index contributed by atoms with van der Waals surface area (Å²) in [5.74, 6) is 1.00. The summed E-state index contributed by atoms with van der Waals surface area (Å²) in [6.45, 7) is 2.29. The van der Waals surface area contributed by atoms with E-state index in [9.17, 15) is 5.26 Å². The molecule has 0 fully saturated rings. The van der Waals surface area contributed by atoms with Crippen molar-refractivity contribution in [2.24, 2.45) is 5.73 Å². The van der Waals surface area contributed by atoms with Crippen LogP contribution in [0.15, 0.2) is 90.4 Å². The first-order valence-corrected chi connectivity index (χ1v) is 10.5. The predicted molar refractivity (Wildman–Crippen MR) is 123 cm³/mol. The zero-order chi connectivity index (χ0) is 22.8. The molecule has 2 N–H and O–H groups in total. The number of nitrogens with zero attached hydrogens (tertiary/aromatic N) is 4. The van der Waals surface area contributed by atoms with E-state index in [0.29, 0.717) is 22.8 Å². The molecular weight excluding hydrogens is 414 g/mol. The molecule has 1 aliphatic heterocycles. The molecule has 33 heavy (non-hydrogen) atoms. The van der Waals surface area contributed by atoms with Crippen molar-refractivity contribution in [3.63, 3.8) is 0 Å². The lowest BCUT2D eigenvalue weighted by Crippen LogP contribution is -2.21. The van der Waals surface area contributed by atoms with E-state index in [-0.39, 0.29) is 18.4 Å². The smallest absolute Gasteiger partial charge is 0.205 e. The molecule has 7 heteroatoms. The van der Waals surface area contributed by atoms with Gasteiger partial charge in [0.15, 0.2) is 0 Å². The predicted octanol–water partition coefficient (Wildman–Crippen LogP) is 4.37. The van der Waals surface area contributed by atoms with Gasteiger partial charge < -0.3 is 15.2 Å². The Morgan fingerprint density at radius 2 is 1.94 bits per heavy atom. The second kappa shape index (κ2) is 8.52. The Labute approximate surface area is 191 Å². The number of aryl methyl sites for hydroxylation is 1. The summed E-state index contributed by atoms with van der Waals surface area (Å²) in [7, 11) is 0. The molecule has 0 radical (unpaired) electrons. The van der Waals surface area contributed by atoms with E-state index in [1.165, 1.54) is 0 Å². The Bertz CT molecular complexity index is 1390. The third-order valence-electron chi connectivity index (χ3n) is 5.52. The highest BCUT2D eigenvalue weighted by molar-refractivity contribution is 5.57. The quantitative estimate of drug-likeness (QED) is 0.500. The molecule has 4 aromatic rings. The minimum Gasteiger partial charge on any atom is -0.487 e. The number of aromatic nitrogens is 3. The van der Waals surface area contributed by atoms with Gasteiger partial charge in [-0.25, -0.2) is 4.68 Å². The van der Waals surface area contributed by atoms with Gasteiger partial charge in [0.1, 0.15) is 35.4 Å². The number of ether oxygens (including phenoxy) is 2. The topological polar surface area (TPSA) is 99.0 Å². The van der Waals surface area contributed by atoms with E-state index in [2.05, 4.69) is 16.4 Å². The molecule has 1 aliphatic rings. The number of hydrogen-bond acceptors (Lipinski definition) is 6. The molecule has 0 amide bonds. The van der Waals surface area contributed by atoms with E-state index < -0.39 is 0 Å². The third-order valence-corrected chi connectivity index (χ3v) is 5.52. The van der Waals surface area contributed by atoms with Gasteiger partial charge in [0.05, 0.1) is 17.8 Å². The van der Waals surface area contributed by atoms with Crippen molar-refractivity contribution < 1.29 is 9.47 Å². The summed E-state index contributed by atoms with van der Waals surface area (Å²) in [4.78, 5) is 0. The molecule has 0 bridgehead atoms. The molecule has 0 saturated carbocycles. The maximum Gasteiger partial charge on any atom is 0.205 e. The first kappa shape index (κ1) is 20.3. The molecule has 0 aliphatic carbocycles. The van der Waals surface area contributed by atoms with Crippen molar-refractivity contribution in [2.75, 3.05) is 0 Å². The molecule has 1 aromatic heterocycles. The normalized spacial score (nSPS) is 14.8. The molecule has 1 atom stereocenters. The van der Waals surface area contributed by atoms with Crippen LogP contribution in [0.2, 0.25) is 0 Å². The van der Waals surface area contributed by atoms with Gasteiger partial charge in [0, 0.05) is 11.6 Å². The molecule has 3 aromatic carbocycles. The Balaban J connectivity index is 1.37. The Kier molecular flexibility index (Phi) is 5.25. The SMILES string of the molecule is Cc1cccc(-n2cc(COc3ccc4c(c3)OC(N)=C(C#N)C4c3ccccc3)nn2)c1. The molecule has 2 heterocycles. The highest BCUT2D eigenvalue weighted by atomic mass is 16.5. The highest BCUT2D eigenvalue weighted by Crippen LogP contribution is 2.43. The summed E-state index contributed by atoms with van der Waals surface area (Å²) in [6, 6.07) is 25.6. The van der Waals surface area contributed by atoms with Crippen LogP contribution in [0.3, 0.4) is 0 Å². The lowest BCUT2D eigenvalue weighted by atomic mass is 9.83. The van der Waals surface area contributed by atoms with Gasteiger partial charge in [-0.05, 0) is 36.2 Å². The lowest BCUT2D eigenvalue weighted by Gasteiger charge is -2.26. The van der Waals surface area contributed by atoms with Crippen LogP contribution < -0.4 is 15.2 Å². The van der Waals surface area contributed by atoms with Crippen molar-refractivity contribution >= 4 is 0 Å². The van der Waals surface area contributed by atoms with Gasteiger partial charge in [-0.3, -0.25) is 0 Å². The maximum atomic E-state index is 9.68. The summed E-state index contributed by atoms with van der Waals surface area (Å²) >= 11 is 0. The van der Waals surface area contributed by atoms with Crippen molar-refractivity contribution in [3.8, 4) is 23.3 Å². The second-order valence-corrected chi connectivity index (χ2v) is 7.82. The number of nitrogens with two attached hydrogens (primary N) is 1. The molecule has 0 saturated heterocycles. The van der Waals surface area contributed by atoms with Gasteiger partial charge in [0.2, 0.25) is 5.88 Å². The number of benzene rings is 3. The lowest BCUT2D eigenvalue weighted by molar-refractivity contribution is 0.298. The summed E-state index contributed by atoms with van der Waals surface area (Å²) in [5, 5.41) is 18.1. The number of fused-ring (bicyclic) bond motifs is 1. The zero-order valence-corrected chi connectivity index (χ0v) is 18.0. The van der Waals surface area contributed by atoms with Crippen LogP contribution in [0.25, 0.3) is 5.69 Å². The van der Waals surface area contributed by atoms with E-state index in [1.54, 1.807) is 10.7 Å². The molecule has 5 rings (SSSR count). The first-order valence-electron chi connectivity index (χ1n) is 10.5. The Morgan fingerprint density at radius 1 is 1.09 bits per heavy atom. The van der Waals surface area contributed by atoms with Crippen LogP contribution in [0.4, 0.5) is 0 Å². The third kappa shape index (κ3) is 4.02. The summed E-state index contributed by atoms with van der Waals surface area (Å²) in [5.41, 5.74) is 11.1. The maximum absolute atomic E-state index is 9.68. The average Bonchev–Trinajstić information content (AvgIpc) is 3.31. The highest BCUT2D eigenvalue weighted by Gasteiger charge is 2.30. The van der Waals surface area contributed by atoms with Gasteiger partial charge in [-0.15, -0.1) is 5.10 Å². The van der Waals surface area contributed by atoms with Crippen LogP contribution in [0.1, 0.15) is 28.3 Å². The number of nitriles is 1. The Hall–Kier alpha value is -4.57. The molecule has 1 unspecified atom stereocenters. The number of allylic oxidation sites excluding steroid dienone is 1. The molecular formula is C26H21N5O2. The van der Waals surface area contributed by atoms with Crippen LogP contribution in [-0.2, 0) is 6.61 Å². The van der Waals surface area contributed by atoms with Crippen molar-refractivity contribution in [1.82, 2.24) is 15.0 Å². The number of rotatable bonds is 5. The van der Waals surface area contributed by atoms with E-state index >= 15 is 0 Å². The first-order chi connectivity index (χ1) is 16.1. The second-order valence-electron chi connectivity index (χ2n) is 7.82. The monoisotopic (exact) mass is 435 g/mol. The zero-order valence-electron chi connectivity index (χ0n) is 18.0. The van der Waals surface area contributed by atoms with E-state index in [4.69, 9.17) is 15.2 Å². The fraction of sp³-hybridized carbons (Fsp3) is 0.115. The fourth-order valence-corrected chi connectivity index (χ4v) is 3.93. The van der Waals surface area contributed by atoms with Crippen LogP contribution in [0, 0.1) is 18.3 Å². The molecule has 0 spiro atoms. The van der Waals surface area contributed by atoms with Gasteiger partial charge in [0.25, 0.3) is 0 Å². The minimum atomic E-state index is -0.289.